The van der Waals surface area contributed by atoms with Crippen LogP contribution in [0.3, 0.4) is 0 Å². The minimum Gasteiger partial charge on any atom is -0.386 e. The molecule has 0 aromatic carbocycles. The fraction of sp³-hybridized carbons (Fsp3) is 0.667. The van der Waals surface area contributed by atoms with Gasteiger partial charge in [-0.1, -0.05) is 27.7 Å². The van der Waals surface area contributed by atoms with E-state index in [9.17, 15) is 9.90 Å². The fourth-order valence-electron chi connectivity index (χ4n) is 2.14. The van der Waals surface area contributed by atoms with Crippen molar-refractivity contribution < 1.29 is 5.11 Å². The molecule has 1 heterocycles. The quantitative estimate of drug-likeness (QED) is 0.897. The van der Waals surface area contributed by atoms with E-state index in [0.717, 1.165) is 12.1 Å². The largest absolute Gasteiger partial charge is 0.386 e. The molecule has 3 nitrogen and oxygen atoms in total. The molecule has 0 unspecified atom stereocenters. The van der Waals surface area contributed by atoms with Crippen LogP contribution in [0.5, 0.6) is 0 Å². The van der Waals surface area contributed by atoms with E-state index in [1.54, 1.807) is 24.5 Å². The van der Waals surface area contributed by atoms with Crippen LogP contribution in [0.25, 0.3) is 0 Å². The standard InChI is InChI=1S/C15H25NO2/c1-7-10-16-12(14(2,3)4)9-8-11(13(16)17)15(5,6)18/h8-9,18H,7,10H2,1-6H3. The normalized spacial score (nSPS) is 12.8. The summed E-state index contributed by atoms with van der Waals surface area (Å²) >= 11 is 0. The summed E-state index contributed by atoms with van der Waals surface area (Å²) in [6.07, 6.45) is 0.901. The van der Waals surface area contributed by atoms with Crippen LogP contribution in [-0.2, 0) is 17.6 Å². The van der Waals surface area contributed by atoms with Gasteiger partial charge in [0.25, 0.3) is 5.56 Å². The van der Waals surface area contributed by atoms with E-state index in [1.165, 1.54) is 0 Å². The van der Waals surface area contributed by atoms with Crippen LogP contribution in [0.4, 0.5) is 0 Å². The highest BCUT2D eigenvalue weighted by Crippen LogP contribution is 2.24. The summed E-state index contributed by atoms with van der Waals surface area (Å²) in [6.45, 7) is 12.3. The van der Waals surface area contributed by atoms with Gasteiger partial charge in [-0.3, -0.25) is 4.79 Å². The molecule has 0 aliphatic carbocycles. The van der Waals surface area contributed by atoms with Crippen LogP contribution in [0.2, 0.25) is 0 Å². The zero-order valence-electron chi connectivity index (χ0n) is 12.4. The lowest BCUT2D eigenvalue weighted by molar-refractivity contribution is 0.0763. The molecule has 1 aromatic heterocycles. The van der Waals surface area contributed by atoms with Gasteiger partial charge in [-0.05, 0) is 32.4 Å². The first kappa shape index (κ1) is 15.0. The molecule has 0 bridgehead atoms. The van der Waals surface area contributed by atoms with Crippen molar-refractivity contribution in [3.63, 3.8) is 0 Å². The molecule has 18 heavy (non-hydrogen) atoms. The Morgan fingerprint density at radius 3 is 2.11 bits per heavy atom. The molecule has 0 amide bonds. The van der Waals surface area contributed by atoms with E-state index in [0.29, 0.717) is 12.1 Å². The summed E-state index contributed by atoms with van der Waals surface area (Å²) in [5.41, 5.74) is 0.234. The summed E-state index contributed by atoms with van der Waals surface area (Å²) in [5.74, 6) is 0. The monoisotopic (exact) mass is 251 g/mol. The number of nitrogens with zero attached hydrogens (tertiary/aromatic N) is 1. The van der Waals surface area contributed by atoms with Crippen molar-refractivity contribution in [1.82, 2.24) is 4.57 Å². The molecular weight excluding hydrogens is 226 g/mol. The summed E-state index contributed by atoms with van der Waals surface area (Å²) in [7, 11) is 0. The Hall–Kier alpha value is -1.09. The second kappa shape index (κ2) is 4.88. The fourth-order valence-corrected chi connectivity index (χ4v) is 2.14. The average Bonchev–Trinajstić information content (AvgIpc) is 2.17. The van der Waals surface area contributed by atoms with Gasteiger partial charge in [0.2, 0.25) is 0 Å². The van der Waals surface area contributed by atoms with Gasteiger partial charge in [-0.2, -0.15) is 0 Å². The van der Waals surface area contributed by atoms with E-state index >= 15 is 0 Å². The third-order valence-electron chi connectivity index (χ3n) is 3.05. The van der Waals surface area contributed by atoms with Crippen molar-refractivity contribution in [3.8, 4) is 0 Å². The van der Waals surface area contributed by atoms with Crippen molar-refractivity contribution in [2.75, 3.05) is 0 Å². The Balaban J connectivity index is 3.53. The van der Waals surface area contributed by atoms with Gasteiger partial charge in [0.05, 0.1) is 5.60 Å². The van der Waals surface area contributed by atoms with E-state index < -0.39 is 5.60 Å². The van der Waals surface area contributed by atoms with Crippen LogP contribution in [-0.4, -0.2) is 9.67 Å². The van der Waals surface area contributed by atoms with Crippen LogP contribution in [0.15, 0.2) is 16.9 Å². The molecule has 0 aliphatic rings. The van der Waals surface area contributed by atoms with Gasteiger partial charge in [0, 0.05) is 23.2 Å². The molecule has 1 aromatic rings. The van der Waals surface area contributed by atoms with E-state index in [1.807, 2.05) is 6.07 Å². The summed E-state index contributed by atoms with van der Waals surface area (Å²) < 4.78 is 1.80. The molecule has 1 rings (SSSR count). The molecule has 0 atom stereocenters. The lowest BCUT2D eigenvalue weighted by atomic mass is 9.89. The highest BCUT2D eigenvalue weighted by molar-refractivity contribution is 5.24. The Bertz CT molecular complexity index is 473. The maximum absolute atomic E-state index is 12.5. The minimum absolute atomic E-state index is 0.0724. The molecule has 102 valence electrons. The number of pyridine rings is 1. The number of hydrogen-bond donors (Lipinski definition) is 1. The van der Waals surface area contributed by atoms with Gasteiger partial charge in [0.1, 0.15) is 0 Å². The Morgan fingerprint density at radius 2 is 1.72 bits per heavy atom. The second-order valence-corrected chi connectivity index (χ2v) is 6.40. The highest BCUT2D eigenvalue weighted by atomic mass is 16.3. The van der Waals surface area contributed by atoms with Gasteiger partial charge in [-0.15, -0.1) is 0 Å². The zero-order chi connectivity index (χ0) is 14.1. The number of aromatic nitrogens is 1. The molecule has 0 aliphatic heterocycles. The van der Waals surface area contributed by atoms with Gasteiger partial charge in [0.15, 0.2) is 0 Å². The molecular formula is C15H25NO2. The first-order chi connectivity index (χ1) is 8.09. The van der Waals surface area contributed by atoms with Crippen LogP contribution in [0.1, 0.15) is 59.2 Å². The number of hydrogen-bond acceptors (Lipinski definition) is 2. The lowest BCUT2D eigenvalue weighted by Crippen LogP contribution is -2.36. The summed E-state index contributed by atoms with van der Waals surface area (Å²) in [5, 5.41) is 10.0. The summed E-state index contributed by atoms with van der Waals surface area (Å²) in [4.78, 5) is 12.5. The van der Waals surface area contributed by atoms with E-state index in [2.05, 4.69) is 27.7 Å². The van der Waals surface area contributed by atoms with Crippen molar-refractivity contribution >= 4 is 0 Å². The Kier molecular flexibility index (Phi) is 4.06. The van der Waals surface area contributed by atoms with Crippen molar-refractivity contribution in [1.29, 1.82) is 0 Å². The molecule has 0 saturated heterocycles. The van der Waals surface area contributed by atoms with Gasteiger partial charge < -0.3 is 9.67 Å². The predicted molar refractivity (Wildman–Crippen MR) is 74.9 cm³/mol. The van der Waals surface area contributed by atoms with Crippen LogP contribution >= 0.6 is 0 Å². The van der Waals surface area contributed by atoms with Gasteiger partial charge >= 0.3 is 0 Å². The molecule has 0 radical (unpaired) electrons. The first-order valence-electron chi connectivity index (χ1n) is 6.56. The second-order valence-electron chi connectivity index (χ2n) is 6.40. The number of rotatable bonds is 3. The third-order valence-corrected chi connectivity index (χ3v) is 3.05. The smallest absolute Gasteiger partial charge is 0.256 e. The van der Waals surface area contributed by atoms with Crippen LogP contribution < -0.4 is 5.56 Å². The van der Waals surface area contributed by atoms with E-state index in [-0.39, 0.29) is 11.0 Å². The molecule has 1 N–H and O–H groups in total. The van der Waals surface area contributed by atoms with Gasteiger partial charge in [-0.25, -0.2) is 0 Å². The first-order valence-corrected chi connectivity index (χ1v) is 6.56. The SMILES string of the molecule is CCCn1c(C(C)(C)C)ccc(C(C)(C)O)c1=O. The predicted octanol–water partition coefficient (Wildman–Crippen LogP) is 2.78. The van der Waals surface area contributed by atoms with Crippen molar-refractivity contribution in [3.05, 3.63) is 33.7 Å². The minimum atomic E-state index is -1.09. The Labute approximate surface area is 109 Å². The topological polar surface area (TPSA) is 42.2 Å². The molecule has 0 fully saturated rings. The molecule has 0 saturated carbocycles. The molecule has 3 heteroatoms. The van der Waals surface area contributed by atoms with Crippen molar-refractivity contribution in [2.24, 2.45) is 0 Å². The maximum atomic E-state index is 12.5. The zero-order valence-corrected chi connectivity index (χ0v) is 12.4. The molecule has 0 spiro atoms. The van der Waals surface area contributed by atoms with Crippen molar-refractivity contribution in [2.45, 2.75) is 65.5 Å². The van der Waals surface area contributed by atoms with E-state index in [4.69, 9.17) is 0 Å². The van der Waals surface area contributed by atoms with Crippen LogP contribution in [0, 0.1) is 0 Å². The lowest BCUT2D eigenvalue weighted by Gasteiger charge is -2.27. The summed E-state index contributed by atoms with van der Waals surface area (Å²) in [6, 6.07) is 3.72. The highest BCUT2D eigenvalue weighted by Gasteiger charge is 2.25. The average molecular weight is 251 g/mol. The third kappa shape index (κ3) is 3.02. The Morgan fingerprint density at radius 1 is 1.17 bits per heavy atom. The number of aliphatic hydroxyl groups is 1. The maximum Gasteiger partial charge on any atom is 0.256 e.